The van der Waals surface area contributed by atoms with Crippen molar-refractivity contribution in [3.05, 3.63) is 11.8 Å². The van der Waals surface area contributed by atoms with Crippen molar-refractivity contribution >= 4 is 11.8 Å². The minimum absolute atomic E-state index is 0.440. The lowest BCUT2D eigenvalue weighted by atomic mass is 10.1. The highest BCUT2D eigenvalue weighted by Gasteiger charge is 2.17. The zero-order valence-electron chi connectivity index (χ0n) is 12.3. The first-order valence-corrected chi connectivity index (χ1v) is 6.74. The molecule has 6 nitrogen and oxygen atoms in total. The normalized spacial score (nSPS) is 10.8. The van der Waals surface area contributed by atoms with Crippen molar-refractivity contribution in [2.75, 3.05) is 30.6 Å². The summed E-state index contributed by atoms with van der Waals surface area (Å²) >= 11 is 0. The number of aromatic nitrogens is 2. The SMILES string of the molecule is CCC(CC)N(CCOC)c1cc(C)nc(NN)n1. The van der Waals surface area contributed by atoms with Gasteiger partial charge in [0.25, 0.3) is 0 Å². The van der Waals surface area contributed by atoms with Crippen LogP contribution in [0, 0.1) is 6.92 Å². The maximum atomic E-state index is 5.41. The van der Waals surface area contributed by atoms with E-state index in [-0.39, 0.29) is 0 Å². The Morgan fingerprint density at radius 3 is 2.58 bits per heavy atom. The van der Waals surface area contributed by atoms with E-state index in [0.717, 1.165) is 30.9 Å². The molecule has 0 saturated heterocycles. The number of nitrogens with zero attached hydrogens (tertiary/aromatic N) is 3. The fraction of sp³-hybridized carbons (Fsp3) is 0.692. The average molecular weight is 267 g/mol. The number of methoxy groups -OCH3 is 1. The summed E-state index contributed by atoms with van der Waals surface area (Å²) in [5.41, 5.74) is 3.41. The first-order chi connectivity index (χ1) is 9.15. The number of rotatable bonds is 8. The van der Waals surface area contributed by atoms with Gasteiger partial charge in [0.2, 0.25) is 5.95 Å². The number of aryl methyl sites for hydroxylation is 1. The lowest BCUT2D eigenvalue weighted by molar-refractivity contribution is 0.202. The van der Waals surface area contributed by atoms with Crippen LogP contribution in [0.5, 0.6) is 0 Å². The zero-order valence-corrected chi connectivity index (χ0v) is 12.3. The van der Waals surface area contributed by atoms with Crippen LogP contribution in [0.4, 0.5) is 11.8 Å². The Bertz CT molecular complexity index is 381. The Morgan fingerprint density at radius 2 is 2.05 bits per heavy atom. The minimum atomic E-state index is 0.440. The van der Waals surface area contributed by atoms with Crippen molar-refractivity contribution in [1.82, 2.24) is 9.97 Å². The summed E-state index contributed by atoms with van der Waals surface area (Å²) in [5.74, 6) is 6.75. The van der Waals surface area contributed by atoms with Crippen LogP contribution < -0.4 is 16.2 Å². The number of nitrogens with two attached hydrogens (primary N) is 1. The molecule has 0 unspecified atom stereocenters. The predicted octanol–water partition coefficient (Wildman–Crippen LogP) is 1.71. The molecule has 0 aliphatic rings. The summed E-state index contributed by atoms with van der Waals surface area (Å²) in [5, 5.41) is 0. The average Bonchev–Trinajstić information content (AvgIpc) is 2.42. The Morgan fingerprint density at radius 1 is 1.37 bits per heavy atom. The van der Waals surface area contributed by atoms with Crippen molar-refractivity contribution < 1.29 is 4.74 Å². The molecule has 0 aliphatic carbocycles. The fourth-order valence-corrected chi connectivity index (χ4v) is 2.17. The molecule has 1 aromatic heterocycles. The van der Waals surface area contributed by atoms with Gasteiger partial charge in [0.05, 0.1) is 6.61 Å². The summed E-state index contributed by atoms with van der Waals surface area (Å²) in [6, 6.07) is 2.42. The molecular formula is C13H25N5O. The van der Waals surface area contributed by atoms with E-state index in [1.165, 1.54) is 0 Å². The highest BCUT2D eigenvalue weighted by atomic mass is 16.5. The van der Waals surface area contributed by atoms with Gasteiger partial charge in [-0.05, 0) is 19.8 Å². The second kappa shape index (κ2) is 7.91. The van der Waals surface area contributed by atoms with E-state index in [2.05, 4.69) is 34.1 Å². The standard InChI is InChI=1S/C13H25N5O/c1-5-11(6-2)18(7-8-19-4)12-9-10(3)15-13(16-12)17-14/h9,11H,5-8,14H2,1-4H3,(H,15,16,17). The molecule has 0 atom stereocenters. The largest absolute Gasteiger partial charge is 0.383 e. The number of nitrogens with one attached hydrogen (secondary N) is 1. The molecule has 0 bridgehead atoms. The summed E-state index contributed by atoms with van der Waals surface area (Å²) in [6.45, 7) is 7.79. The van der Waals surface area contributed by atoms with Crippen molar-refractivity contribution in [3.63, 3.8) is 0 Å². The highest BCUT2D eigenvalue weighted by Crippen LogP contribution is 2.20. The van der Waals surface area contributed by atoms with Gasteiger partial charge in [0.1, 0.15) is 5.82 Å². The molecule has 1 heterocycles. The molecule has 0 radical (unpaired) electrons. The highest BCUT2D eigenvalue weighted by molar-refractivity contribution is 5.45. The van der Waals surface area contributed by atoms with Crippen molar-refractivity contribution in [2.45, 2.75) is 39.7 Å². The Labute approximate surface area is 115 Å². The lowest BCUT2D eigenvalue weighted by Crippen LogP contribution is -2.38. The zero-order chi connectivity index (χ0) is 14.3. The maximum absolute atomic E-state index is 5.41. The van der Waals surface area contributed by atoms with Crippen molar-refractivity contribution in [2.24, 2.45) is 5.84 Å². The number of anilines is 2. The van der Waals surface area contributed by atoms with Gasteiger partial charge < -0.3 is 9.64 Å². The Hall–Kier alpha value is -1.40. The quantitative estimate of drug-likeness (QED) is 0.551. The number of ether oxygens (including phenoxy) is 1. The van der Waals surface area contributed by atoms with E-state index >= 15 is 0 Å². The minimum Gasteiger partial charge on any atom is -0.383 e. The lowest BCUT2D eigenvalue weighted by Gasteiger charge is -2.31. The molecule has 3 N–H and O–H groups in total. The number of hydrogen-bond acceptors (Lipinski definition) is 6. The van der Waals surface area contributed by atoms with E-state index in [0.29, 0.717) is 18.6 Å². The predicted molar refractivity (Wildman–Crippen MR) is 78.2 cm³/mol. The summed E-state index contributed by atoms with van der Waals surface area (Å²) in [4.78, 5) is 10.9. The third-order valence-corrected chi connectivity index (χ3v) is 3.18. The van der Waals surface area contributed by atoms with Crippen LogP contribution in [0.2, 0.25) is 0 Å². The molecule has 0 fully saturated rings. The summed E-state index contributed by atoms with van der Waals surface area (Å²) in [6.07, 6.45) is 2.13. The van der Waals surface area contributed by atoms with E-state index in [4.69, 9.17) is 10.6 Å². The smallest absolute Gasteiger partial charge is 0.239 e. The Kier molecular flexibility index (Phi) is 6.52. The summed E-state index contributed by atoms with van der Waals surface area (Å²) < 4.78 is 5.19. The van der Waals surface area contributed by atoms with Gasteiger partial charge in [-0.25, -0.2) is 10.8 Å². The molecule has 6 heteroatoms. The second-order valence-electron chi connectivity index (χ2n) is 4.49. The molecular weight excluding hydrogens is 242 g/mol. The van der Waals surface area contributed by atoms with Gasteiger partial charge in [0, 0.05) is 31.5 Å². The van der Waals surface area contributed by atoms with E-state index in [1.807, 2.05) is 13.0 Å². The van der Waals surface area contributed by atoms with Gasteiger partial charge in [-0.2, -0.15) is 4.98 Å². The molecule has 0 aromatic carbocycles. The van der Waals surface area contributed by atoms with E-state index < -0.39 is 0 Å². The molecule has 0 spiro atoms. The van der Waals surface area contributed by atoms with Gasteiger partial charge in [0.15, 0.2) is 0 Å². The Balaban J connectivity index is 3.04. The van der Waals surface area contributed by atoms with Crippen LogP contribution in [0.15, 0.2) is 6.07 Å². The van der Waals surface area contributed by atoms with Crippen LogP contribution in [0.25, 0.3) is 0 Å². The van der Waals surface area contributed by atoms with Crippen LogP contribution in [0.1, 0.15) is 32.4 Å². The first-order valence-electron chi connectivity index (χ1n) is 6.74. The van der Waals surface area contributed by atoms with E-state index in [1.54, 1.807) is 7.11 Å². The monoisotopic (exact) mass is 267 g/mol. The third kappa shape index (κ3) is 4.33. The molecule has 0 aliphatic heterocycles. The van der Waals surface area contributed by atoms with Crippen LogP contribution in [-0.2, 0) is 4.74 Å². The van der Waals surface area contributed by atoms with Gasteiger partial charge in [-0.3, -0.25) is 5.43 Å². The van der Waals surface area contributed by atoms with Crippen molar-refractivity contribution in [3.8, 4) is 0 Å². The first kappa shape index (κ1) is 15.7. The molecule has 108 valence electrons. The van der Waals surface area contributed by atoms with Gasteiger partial charge in [-0.1, -0.05) is 13.8 Å². The van der Waals surface area contributed by atoms with Crippen molar-refractivity contribution in [1.29, 1.82) is 0 Å². The number of hydrogen-bond donors (Lipinski definition) is 2. The summed E-state index contributed by atoms with van der Waals surface area (Å²) in [7, 11) is 1.71. The van der Waals surface area contributed by atoms with Crippen LogP contribution >= 0.6 is 0 Å². The third-order valence-electron chi connectivity index (χ3n) is 3.18. The number of hydrazine groups is 1. The van der Waals surface area contributed by atoms with Gasteiger partial charge in [-0.15, -0.1) is 0 Å². The number of nitrogen functional groups attached to an aromatic ring is 1. The molecule has 19 heavy (non-hydrogen) atoms. The second-order valence-corrected chi connectivity index (χ2v) is 4.49. The van der Waals surface area contributed by atoms with Gasteiger partial charge >= 0.3 is 0 Å². The van der Waals surface area contributed by atoms with E-state index in [9.17, 15) is 0 Å². The topological polar surface area (TPSA) is 76.3 Å². The molecule has 0 saturated carbocycles. The maximum Gasteiger partial charge on any atom is 0.239 e. The molecule has 1 rings (SSSR count). The fourth-order valence-electron chi connectivity index (χ4n) is 2.17. The molecule has 1 aromatic rings. The van der Waals surface area contributed by atoms with Crippen LogP contribution in [-0.4, -0.2) is 36.3 Å². The molecule has 0 amide bonds. The van der Waals surface area contributed by atoms with Crippen LogP contribution in [0.3, 0.4) is 0 Å².